The van der Waals surface area contributed by atoms with Gasteiger partial charge in [0, 0.05) is 19.3 Å². The summed E-state index contributed by atoms with van der Waals surface area (Å²) in [5.41, 5.74) is 0.296. The van der Waals surface area contributed by atoms with Crippen LogP contribution in [0.5, 0.6) is 0 Å². The Balaban J connectivity index is 2.21. The maximum Gasteiger partial charge on any atom is 0.308 e. The van der Waals surface area contributed by atoms with Gasteiger partial charge in [-0.05, 0) is 18.4 Å². The fourth-order valence-corrected chi connectivity index (χ4v) is 2.26. The molecule has 94 valence electrons. The number of anilines is 1. The smallest absolute Gasteiger partial charge is 0.308 e. The molecule has 1 N–H and O–H groups in total. The molecule has 2 atom stereocenters. The average molecular weight is 246 g/mol. The first-order valence-electron chi connectivity index (χ1n) is 5.81. The average Bonchev–Trinajstić information content (AvgIpc) is 2.38. The first-order chi connectivity index (χ1) is 8.60. The highest BCUT2D eigenvalue weighted by molar-refractivity contribution is 5.71. The summed E-state index contributed by atoms with van der Waals surface area (Å²) in [5.74, 6) is -0.480. The lowest BCUT2D eigenvalue weighted by Gasteiger charge is -2.34. The third-order valence-electron chi connectivity index (χ3n) is 3.05. The minimum absolute atomic E-state index is 0.272. The van der Waals surface area contributed by atoms with Crippen LogP contribution in [0, 0.1) is 23.2 Å². The summed E-state index contributed by atoms with van der Waals surface area (Å²) in [5, 5.41) is 17.9. The van der Waals surface area contributed by atoms with Crippen molar-refractivity contribution in [1.82, 2.24) is 9.97 Å². The second kappa shape index (κ2) is 5.00. The van der Waals surface area contributed by atoms with Gasteiger partial charge in [-0.1, -0.05) is 6.92 Å². The zero-order valence-corrected chi connectivity index (χ0v) is 10.1. The Morgan fingerprint density at radius 3 is 3.06 bits per heavy atom. The number of carboxylic acid groups (broad SMARTS) is 1. The van der Waals surface area contributed by atoms with Gasteiger partial charge in [0.1, 0.15) is 11.8 Å². The van der Waals surface area contributed by atoms with Crippen molar-refractivity contribution in [2.75, 3.05) is 18.0 Å². The third kappa shape index (κ3) is 2.56. The van der Waals surface area contributed by atoms with Gasteiger partial charge in [0.2, 0.25) is 5.95 Å². The molecule has 18 heavy (non-hydrogen) atoms. The fraction of sp³-hybridized carbons (Fsp3) is 0.500. The molecule has 0 bridgehead atoms. The predicted octanol–water partition coefficient (Wildman–Crippen LogP) is 0.895. The number of piperidine rings is 1. The highest BCUT2D eigenvalue weighted by atomic mass is 16.4. The highest BCUT2D eigenvalue weighted by Gasteiger charge is 2.30. The quantitative estimate of drug-likeness (QED) is 0.833. The topological polar surface area (TPSA) is 90.1 Å². The molecule has 0 spiro atoms. The molecule has 1 aromatic heterocycles. The molecule has 6 nitrogen and oxygen atoms in total. The third-order valence-corrected chi connectivity index (χ3v) is 3.05. The van der Waals surface area contributed by atoms with E-state index < -0.39 is 11.9 Å². The predicted molar refractivity (Wildman–Crippen MR) is 63.9 cm³/mol. The summed E-state index contributed by atoms with van der Waals surface area (Å²) in [7, 11) is 0. The van der Waals surface area contributed by atoms with Crippen LogP contribution in [-0.2, 0) is 4.79 Å². The van der Waals surface area contributed by atoms with Gasteiger partial charge in [0.25, 0.3) is 0 Å². The van der Waals surface area contributed by atoms with Gasteiger partial charge < -0.3 is 10.0 Å². The van der Waals surface area contributed by atoms with Gasteiger partial charge in [-0.25, -0.2) is 9.97 Å². The Morgan fingerprint density at radius 2 is 2.39 bits per heavy atom. The lowest BCUT2D eigenvalue weighted by Crippen LogP contribution is -2.43. The Kier molecular flexibility index (Phi) is 3.42. The molecular weight excluding hydrogens is 232 g/mol. The van der Waals surface area contributed by atoms with Crippen LogP contribution in [0.25, 0.3) is 0 Å². The second-order valence-corrected chi connectivity index (χ2v) is 4.63. The van der Waals surface area contributed by atoms with Crippen molar-refractivity contribution in [3.8, 4) is 6.07 Å². The van der Waals surface area contributed by atoms with Gasteiger partial charge in [-0.2, -0.15) is 5.26 Å². The number of aliphatic carboxylic acids is 1. The van der Waals surface area contributed by atoms with E-state index in [0.717, 1.165) is 6.54 Å². The van der Waals surface area contributed by atoms with Crippen molar-refractivity contribution in [3.63, 3.8) is 0 Å². The van der Waals surface area contributed by atoms with Crippen molar-refractivity contribution in [1.29, 1.82) is 5.26 Å². The lowest BCUT2D eigenvalue weighted by molar-refractivity contribution is -0.142. The van der Waals surface area contributed by atoms with E-state index in [1.165, 1.54) is 12.3 Å². The second-order valence-electron chi connectivity index (χ2n) is 4.63. The standard InChI is InChI=1S/C12H14N4O2/c1-8-4-9(11(17)18)7-16(6-8)12-14-3-2-10(5-13)15-12/h2-3,8-9H,4,6-7H2,1H3,(H,17,18). The van der Waals surface area contributed by atoms with E-state index in [1.807, 2.05) is 17.9 Å². The first-order valence-corrected chi connectivity index (χ1v) is 5.81. The van der Waals surface area contributed by atoms with Crippen LogP contribution in [-0.4, -0.2) is 34.1 Å². The van der Waals surface area contributed by atoms with Crippen LogP contribution in [0.3, 0.4) is 0 Å². The van der Waals surface area contributed by atoms with E-state index in [1.54, 1.807) is 0 Å². The fourth-order valence-electron chi connectivity index (χ4n) is 2.26. The number of aromatic nitrogens is 2. The lowest BCUT2D eigenvalue weighted by atomic mass is 9.91. The largest absolute Gasteiger partial charge is 0.481 e. The number of nitriles is 1. The first kappa shape index (κ1) is 12.3. The number of carbonyl (C=O) groups is 1. The Bertz CT molecular complexity index is 497. The molecule has 2 unspecified atom stereocenters. The van der Waals surface area contributed by atoms with Crippen LogP contribution in [0.2, 0.25) is 0 Å². The molecule has 2 rings (SSSR count). The van der Waals surface area contributed by atoms with Crippen LogP contribution < -0.4 is 4.90 Å². The molecule has 0 radical (unpaired) electrons. The van der Waals surface area contributed by atoms with Gasteiger partial charge in [-0.3, -0.25) is 4.79 Å². The zero-order chi connectivity index (χ0) is 13.1. The van der Waals surface area contributed by atoms with E-state index >= 15 is 0 Å². The summed E-state index contributed by atoms with van der Waals surface area (Å²) in [6.07, 6.45) is 2.19. The maximum absolute atomic E-state index is 11.1. The maximum atomic E-state index is 11.1. The van der Waals surface area contributed by atoms with Crippen LogP contribution in [0.1, 0.15) is 19.0 Å². The van der Waals surface area contributed by atoms with E-state index in [0.29, 0.717) is 24.6 Å². The molecule has 1 aromatic rings. The number of nitrogens with zero attached hydrogens (tertiary/aromatic N) is 4. The Morgan fingerprint density at radius 1 is 1.61 bits per heavy atom. The highest BCUT2D eigenvalue weighted by Crippen LogP contribution is 2.24. The Labute approximate surface area is 105 Å². The number of rotatable bonds is 2. The molecule has 1 saturated heterocycles. The van der Waals surface area contributed by atoms with Gasteiger partial charge >= 0.3 is 5.97 Å². The van der Waals surface area contributed by atoms with E-state index in [4.69, 9.17) is 10.4 Å². The molecule has 1 fully saturated rings. The van der Waals surface area contributed by atoms with E-state index in [2.05, 4.69) is 9.97 Å². The Hall–Kier alpha value is -2.16. The molecule has 0 aromatic carbocycles. The molecule has 1 aliphatic heterocycles. The number of hydrogen-bond donors (Lipinski definition) is 1. The molecule has 0 aliphatic carbocycles. The minimum atomic E-state index is -0.789. The summed E-state index contributed by atoms with van der Waals surface area (Å²) in [4.78, 5) is 21.1. The van der Waals surface area contributed by atoms with Crippen molar-refractivity contribution >= 4 is 11.9 Å². The summed E-state index contributed by atoms with van der Waals surface area (Å²) in [6.45, 7) is 3.13. The molecule has 0 saturated carbocycles. The number of hydrogen-bond acceptors (Lipinski definition) is 5. The molecule has 0 amide bonds. The van der Waals surface area contributed by atoms with E-state index in [9.17, 15) is 4.79 Å². The molecule has 1 aliphatic rings. The minimum Gasteiger partial charge on any atom is -0.481 e. The van der Waals surface area contributed by atoms with Gasteiger partial charge in [0.05, 0.1) is 5.92 Å². The van der Waals surface area contributed by atoms with E-state index in [-0.39, 0.29) is 5.92 Å². The number of carboxylic acids is 1. The van der Waals surface area contributed by atoms with Crippen molar-refractivity contribution < 1.29 is 9.90 Å². The monoisotopic (exact) mass is 246 g/mol. The molecule has 2 heterocycles. The van der Waals surface area contributed by atoms with Crippen LogP contribution in [0.15, 0.2) is 12.3 Å². The van der Waals surface area contributed by atoms with Crippen molar-refractivity contribution in [2.24, 2.45) is 11.8 Å². The normalized spacial score (nSPS) is 23.4. The SMILES string of the molecule is CC1CC(C(=O)O)CN(c2nccc(C#N)n2)C1. The van der Waals surface area contributed by atoms with Gasteiger partial charge in [-0.15, -0.1) is 0 Å². The summed E-state index contributed by atoms with van der Waals surface area (Å²) < 4.78 is 0. The summed E-state index contributed by atoms with van der Waals surface area (Å²) in [6, 6.07) is 3.49. The van der Waals surface area contributed by atoms with Crippen molar-refractivity contribution in [3.05, 3.63) is 18.0 Å². The zero-order valence-electron chi connectivity index (χ0n) is 10.1. The summed E-state index contributed by atoms with van der Waals surface area (Å²) >= 11 is 0. The molecule has 6 heteroatoms. The molecular formula is C12H14N4O2. The van der Waals surface area contributed by atoms with Crippen LogP contribution in [0.4, 0.5) is 5.95 Å². The van der Waals surface area contributed by atoms with Crippen LogP contribution >= 0.6 is 0 Å². The van der Waals surface area contributed by atoms with Crippen molar-refractivity contribution in [2.45, 2.75) is 13.3 Å². The van der Waals surface area contributed by atoms with Gasteiger partial charge in [0.15, 0.2) is 0 Å².